The molecule has 10 rings (SSSR count). The lowest BCUT2D eigenvalue weighted by Gasteiger charge is -2.31. The fourth-order valence-corrected chi connectivity index (χ4v) is 8.66. The summed E-state index contributed by atoms with van der Waals surface area (Å²) in [5.74, 6) is 0. The first-order valence-corrected chi connectivity index (χ1v) is 17.5. The highest BCUT2D eigenvalue weighted by Gasteiger charge is 2.38. The van der Waals surface area contributed by atoms with Crippen molar-refractivity contribution in [3.8, 4) is 22.3 Å². The van der Waals surface area contributed by atoms with Crippen LogP contribution in [-0.4, -0.2) is 0 Å². The summed E-state index contributed by atoms with van der Waals surface area (Å²) in [5.41, 5.74) is 11.2. The molecular weight excluding hydrogens is 603 g/mol. The summed E-state index contributed by atoms with van der Waals surface area (Å²) in [6.45, 7) is 4.73. The Kier molecular flexibility index (Phi) is 6.29. The van der Waals surface area contributed by atoms with Crippen molar-refractivity contribution in [1.82, 2.24) is 0 Å². The molecule has 0 amide bonds. The fraction of sp³-hybridized carbons (Fsp3) is 0.0612. The van der Waals surface area contributed by atoms with Gasteiger partial charge in [0.2, 0.25) is 0 Å². The summed E-state index contributed by atoms with van der Waals surface area (Å²) in [4.78, 5) is 2.53. The first-order valence-electron chi connectivity index (χ1n) is 17.5. The van der Waals surface area contributed by atoms with Crippen LogP contribution >= 0.6 is 0 Å². The number of anilines is 3. The molecule has 1 nitrogen and oxygen atoms in total. The van der Waals surface area contributed by atoms with Gasteiger partial charge in [-0.2, -0.15) is 0 Å². The molecule has 0 spiro atoms. The number of fused-ring (bicyclic) bond motifs is 9. The average Bonchev–Trinajstić information content (AvgIpc) is 3.41. The van der Waals surface area contributed by atoms with Gasteiger partial charge in [-0.15, -0.1) is 0 Å². The normalized spacial score (nSPS) is 13.2. The zero-order valence-electron chi connectivity index (χ0n) is 28.2. The lowest BCUT2D eigenvalue weighted by Crippen LogP contribution is -2.16. The minimum atomic E-state index is -0.108. The molecule has 1 heteroatoms. The van der Waals surface area contributed by atoms with E-state index in [1.54, 1.807) is 0 Å². The predicted molar refractivity (Wildman–Crippen MR) is 214 cm³/mol. The van der Waals surface area contributed by atoms with Crippen LogP contribution in [0, 0.1) is 0 Å². The first-order chi connectivity index (χ1) is 24.6. The number of hydrogen-bond donors (Lipinski definition) is 0. The Labute approximate surface area is 292 Å². The Balaban J connectivity index is 1.31. The van der Waals surface area contributed by atoms with Gasteiger partial charge >= 0.3 is 0 Å². The predicted octanol–water partition coefficient (Wildman–Crippen LogP) is 13.7. The van der Waals surface area contributed by atoms with Gasteiger partial charge in [-0.05, 0) is 89.8 Å². The Morgan fingerprint density at radius 2 is 1.00 bits per heavy atom. The number of rotatable bonds is 4. The van der Waals surface area contributed by atoms with Gasteiger partial charge in [-0.25, -0.2) is 0 Å². The van der Waals surface area contributed by atoms with Crippen LogP contribution in [0.25, 0.3) is 65.3 Å². The fourth-order valence-electron chi connectivity index (χ4n) is 8.66. The van der Waals surface area contributed by atoms with Crippen molar-refractivity contribution in [2.45, 2.75) is 19.3 Å². The van der Waals surface area contributed by atoms with Crippen molar-refractivity contribution in [3.05, 3.63) is 187 Å². The molecule has 0 aromatic heterocycles. The Morgan fingerprint density at radius 1 is 0.400 bits per heavy atom. The molecule has 0 fully saturated rings. The molecule has 1 aliphatic rings. The molecular formula is C49H35N. The minimum absolute atomic E-state index is 0.108. The average molecular weight is 638 g/mol. The summed E-state index contributed by atoms with van der Waals surface area (Å²) in [5, 5.41) is 10.1. The van der Waals surface area contributed by atoms with Crippen LogP contribution in [0.1, 0.15) is 25.0 Å². The molecule has 236 valence electrons. The van der Waals surface area contributed by atoms with Gasteiger partial charge in [-0.3, -0.25) is 0 Å². The molecule has 0 N–H and O–H groups in total. The number of nitrogens with zero attached hydrogens (tertiary/aromatic N) is 1. The van der Waals surface area contributed by atoms with Crippen molar-refractivity contribution in [2.75, 3.05) is 4.90 Å². The molecule has 0 unspecified atom stereocenters. The van der Waals surface area contributed by atoms with Crippen LogP contribution in [0.4, 0.5) is 17.1 Å². The maximum absolute atomic E-state index is 2.53. The van der Waals surface area contributed by atoms with E-state index in [9.17, 15) is 0 Å². The van der Waals surface area contributed by atoms with Crippen molar-refractivity contribution >= 4 is 60.2 Å². The zero-order valence-corrected chi connectivity index (χ0v) is 28.2. The Morgan fingerprint density at radius 3 is 1.86 bits per heavy atom. The summed E-state index contributed by atoms with van der Waals surface area (Å²) >= 11 is 0. The lowest BCUT2D eigenvalue weighted by atomic mass is 9.82. The van der Waals surface area contributed by atoms with Gasteiger partial charge in [0.25, 0.3) is 0 Å². The smallest absolute Gasteiger partial charge is 0.0546 e. The molecule has 50 heavy (non-hydrogen) atoms. The van der Waals surface area contributed by atoms with Crippen molar-refractivity contribution in [2.24, 2.45) is 0 Å². The van der Waals surface area contributed by atoms with Crippen LogP contribution < -0.4 is 4.90 Å². The van der Waals surface area contributed by atoms with Crippen molar-refractivity contribution < 1.29 is 0 Å². The quantitative estimate of drug-likeness (QED) is 0.174. The van der Waals surface area contributed by atoms with Crippen molar-refractivity contribution in [1.29, 1.82) is 0 Å². The van der Waals surface area contributed by atoms with E-state index >= 15 is 0 Å². The van der Waals surface area contributed by atoms with Gasteiger partial charge in [0.15, 0.2) is 0 Å². The maximum atomic E-state index is 2.53. The highest BCUT2D eigenvalue weighted by molar-refractivity contribution is 6.24. The molecule has 9 aromatic rings. The molecule has 1 aliphatic carbocycles. The van der Waals surface area contributed by atoms with E-state index in [4.69, 9.17) is 0 Å². The lowest BCUT2D eigenvalue weighted by molar-refractivity contribution is 0.660. The Bertz CT molecular complexity index is 2800. The molecule has 0 atom stereocenters. The van der Waals surface area contributed by atoms with E-state index in [1.165, 1.54) is 87.8 Å². The van der Waals surface area contributed by atoms with E-state index in [2.05, 4.69) is 195 Å². The molecule has 0 saturated heterocycles. The van der Waals surface area contributed by atoms with Crippen LogP contribution in [0.5, 0.6) is 0 Å². The molecule has 9 aromatic carbocycles. The second-order valence-electron chi connectivity index (χ2n) is 14.1. The Hall–Kier alpha value is -6.18. The van der Waals surface area contributed by atoms with E-state index in [0.29, 0.717) is 0 Å². The van der Waals surface area contributed by atoms with Gasteiger partial charge < -0.3 is 4.90 Å². The highest BCUT2D eigenvalue weighted by Crippen LogP contribution is 2.55. The van der Waals surface area contributed by atoms with Crippen LogP contribution in [0.15, 0.2) is 176 Å². The third-order valence-electron chi connectivity index (χ3n) is 11.0. The first kappa shape index (κ1) is 28.8. The van der Waals surface area contributed by atoms with Crippen LogP contribution in [0.3, 0.4) is 0 Å². The van der Waals surface area contributed by atoms with Gasteiger partial charge in [0, 0.05) is 22.1 Å². The number of benzene rings is 9. The SMILES string of the molecule is CC1(C)c2ccccc2-c2c(N(c3cccc(-c4cccc5ccccc45)c3)c3cc4ccc5ccccc5c4c4ccccc34)cccc21. The third-order valence-corrected chi connectivity index (χ3v) is 11.0. The third kappa shape index (κ3) is 4.20. The summed E-state index contributed by atoms with van der Waals surface area (Å²) < 4.78 is 0. The standard InChI is InChI=1S/C49H35N/c1-49(2)43-25-10-9-23-42(43)48-44(49)26-13-27-45(48)50(36-18-11-17-34(30-36)38-24-12-16-32-14-3-5-19-37(32)38)46-31-35-29-28-33-15-4-6-20-39(33)47(35)41-22-8-7-21-40(41)46/h3-31H,1-2H3. The highest BCUT2D eigenvalue weighted by atomic mass is 15.1. The molecule has 0 bridgehead atoms. The largest absolute Gasteiger partial charge is 0.309 e. The molecule has 0 saturated carbocycles. The van der Waals surface area contributed by atoms with E-state index in [0.717, 1.165) is 5.69 Å². The van der Waals surface area contributed by atoms with Gasteiger partial charge in [-0.1, -0.05) is 166 Å². The van der Waals surface area contributed by atoms with Gasteiger partial charge in [0.1, 0.15) is 0 Å². The molecule has 0 radical (unpaired) electrons. The second-order valence-corrected chi connectivity index (χ2v) is 14.1. The van der Waals surface area contributed by atoms with E-state index < -0.39 is 0 Å². The van der Waals surface area contributed by atoms with Gasteiger partial charge in [0.05, 0.1) is 11.4 Å². The minimum Gasteiger partial charge on any atom is -0.309 e. The monoisotopic (exact) mass is 637 g/mol. The van der Waals surface area contributed by atoms with Crippen LogP contribution in [-0.2, 0) is 5.41 Å². The van der Waals surface area contributed by atoms with Crippen molar-refractivity contribution in [3.63, 3.8) is 0 Å². The van der Waals surface area contributed by atoms with Crippen LogP contribution in [0.2, 0.25) is 0 Å². The molecule has 0 heterocycles. The van der Waals surface area contributed by atoms with E-state index in [1.807, 2.05) is 0 Å². The summed E-state index contributed by atoms with van der Waals surface area (Å²) in [6.07, 6.45) is 0. The molecule has 0 aliphatic heterocycles. The van der Waals surface area contributed by atoms with E-state index in [-0.39, 0.29) is 5.41 Å². The topological polar surface area (TPSA) is 3.24 Å². The summed E-state index contributed by atoms with van der Waals surface area (Å²) in [6, 6.07) is 65.0. The zero-order chi connectivity index (χ0) is 33.4. The summed E-state index contributed by atoms with van der Waals surface area (Å²) in [7, 11) is 0. The second kappa shape index (κ2) is 10.9. The maximum Gasteiger partial charge on any atom is 0.0546 e. The number of hydrogen-bond acceptors (Lipinski definition) is 1.